The van der Waals surface area contributed by atoms with Crippen molar-refractivity contribution in [3.63, 3.8) is 0 Å². The summed E-state index contributed by atoms with van der Waals surface area (Å²) >= 11 is 2.60. The Balaban J connectivity index is 1.45. The van der Waals surface area contributed by atoms with Crippen molar-refractivity contribution in [1.82, 2.24) is 20.3 Å². The van der Waals surface area contributed by atoms with Crippen molar-refractivity contribution in [2.75, 3.05) is 29.1 Å². The summed E-state index contributed by atoms with van der Waals surface area (Å²) in [6, 6.07) is 2.72. The first-order chi connectivity index (χ1) is 16.4. The molecule has 4 heterocycles. The van der Waals surface area contributed by atoms with Crippen molar-refractivity contribution in [2.24, 2.45) is 0 Å². The molecule has 0 radical (unpaired) electrons. The Kier molecular flexibility index (Phi) is 6.50. The molecule has 2 N–H and O–H groups in total. The highest BCUT2D eigenvalue weighted by atomic mass is 32.2. The van der Waals surface area contributed by atoms with Gasteiger partial charge in [0.25, 0.3) is 0 Å². The van der Waals surface area contributed by atoms with Crippen LogP contribution in [0.25, 0.3) is 11.3 Å². The second-order valence-electron chi connectivity index (χ2n) is 8.57. The predicted molar refractivity (Wildman–Crippen MR) is 131 cm³/mol. The Labute approximate surface area is 204 Å². The number of carbonyl (C=O) groups is 1. The number of carbonyl (C=O) groups excluding carboxylic acids is 1. The fraction of sp³-hybridized carbons (Fsp3) is 0.391. The average molecular weight is 503 g/mol. The van der Waals surface area contributed by atoms with Crippen LogP contribution in [0, 0.1) is 11.6 Å². The molecule has 1 fully saturated rings. The normalized spacial score (nSPS) is 16.7. The van der Waals surface area contributed by atoms with E-state index in [9.17, 15) is 13.6 Å². The van der Waals surface area contributed by atoms with Gasteiger partial charge in [-0.15, -0.1) is 23.1 Å². The smallest absolute Gasteiger partial charge is 0.237 e. The number of nitrogens with one attached hydrogen (secondary N) is 2. The van der Waals surface area contributed by atoms with Crippen LogP contribution in [0.15, 0.2) is 28.6 Å². The molecule has 0 spiro atoms. The van der Waals surface area contributed by atoms with Crippen molar-refractivity contribution in [3.8, 4) is 11.3 Å². The molecule has 11 heteroatoms. The Morgan fingerprint density at radius 2 is 1.97 bits per heavy atom. The first-order valence-corrected chi connectivity index (χ1v) is 13.0. The summed E-state index contributed by atoms with van der Waals surface area (Å²) in [5.41, 5.74) is 1.67. The lowest BCUT2D eigenvalue weighted by molar-refractivity contribution is -0.116. The lowest BCUT2D eigenvalue weighted by Gasteiger charge is -2.32. The highest BCUT2D eigenvalue weighted by molar-refractivity contribution is 8.00. The summed E-state index contributed by atoms with van der Waals surface area (Å²) in [6.07, 6.45) is 3.14. The fourth-order valence-corrected chi connectivity index (χ4v) is 6.01. The zero-order chi connectivity index (χ0) is 23.8. The molecule has 2 aliphatic heterocycles. The highest BCUT2D eigenvalue weighted by Crippen LogP contribution is 2.41. The third-order valence-corrected chi connectivity index (χ3v) is 7.78. The number of amides is 1. The van der Waals surface area contributed by atoms with E-state index in [0.717, 1.165) is 49.6 Å². The zero-order valence-corrected chi connectivity index (χ0v) is 20.4. The monoisotopic (exact) mass is 502 g/mol. The van der Waals surface area contributed by atoms with Crippen LogP contribution in [0.4, 0.5) is 25.5 Å². The standard InChI is InChI=1S/C23H24F2N6OS2/c1-12(2)31-18-8-14(7-15(24)21(18)33-11-19(31)32)20-16(25)9-27-22(29-20)30-23-28-17(10-34-23)13-3-5-26-6-4-13/h7-10,12-13,26H,3-6,11H2,1-2H3,(H,27,28,29,30). The molecule has 7 nitrogen and oxygen atoms in total. The van der Waals surface area contributed by atoms with Crippen LogP contribution in [0.3, 0.4) is 0 Å². The minimum absolute atomic E-state index is 0.0407. The van der Waals surface area contributed by atoms with Gasteiger partial charge in [0.1, 0.15) is 11.5 Å². The van der Waals surface area contributed by atoms with E-state index in [1.807, 2.05) is 19.2 Å². The number of fused-ring (bicyclic) bond motifs is 1. The topological polar surface area (TPSA) is 83.0 Å². The molecule has 0 unspecified atom stereocenters. The van der Waals surface area contributed by atoms with Gasteiger partial charge in [0, 0.05) is 22.9 Å². The van der Waals surface area contributed by atoms with E-state index in [4.69, 9.17) is 0 Å². The molecule has 2 aliphatic rings. The van der Waals surface area contributed by atoms with Gasteiger partial charge in [-0.1, -0.05) is 0 Å². The molecule has 1 aromatic carbocycles. The van der Waals surface area contributed by atoms with Gasteiger partial charge in [-0.2, -0.15) is 0 Å². The summed E-state index contributed by atoms with van der Waals surface area (Å²) in [5, 5.41) is 9.04. The summed E-state index contributed by atoms with van der Waals surface area (Å²) in [4.78, 5) is 27.4. The predicted octanol–water partition coefficient (Wildman–Crippen LogP) is 4.94. The lowest BCUT2D eigenvalue weighted by Crippen LogP contribution is -2.40. The summed E-state index contributed by atoms with van der Waals surface area (Å²) in [6.45, 7) is 5.68. The minimum Gasteiger partial charge on any atom is -0.317 e. The van der Waals surface area contributed by atoms with E-state index in [-0.39, 0.29) is 34.9 Å². The van der Waals surface area contributed by atoms with Gasteiger partial charge in [0.05, 0.1) is 28.2 Å². The van der Waals surface area contributed by atoms with Crippen LogP contribution in [0.5, 0.6) is 0 Å². The third kappa shape index (κ3) is 4.51. The number of nitrogens with zero attached hydrogens (tertiary/aromatic N) is 4. The maximum absolute atomic E-state index is 15.0. The van der Waals surface area contributed by atoms with Gasteiger partial charge >= 0.3 is 0 Å². The van der Waals surface area contributed by atoms with Gasteiger partial charge in [-0.3, -0.25) is 4.79 Å². The first kappa shape index (κ1) is 23.1. The summed E-state index contributed by atoms with van der Waals surface area (Å²) in [5.74, 6) is -0.527. The number of hydrogen-bond acceptors (Lipinski definition) is 8. The number of rotatable bonds is 5. The zero-order valence-electron chi connectivity index (χ0n) is 18.8. The van der Waals surface area contributed by atoms with Gasteiger partial charge in [0.2, 0.25) is 11.9 Å². The second kappa shape index (κ2) is 9.55. The Hall–Kier alpha value is -2.63. The van der Waals surface area contributed by atoms with E-state index < -0.39 is 11.6 Å². The van der Waals surface area contributed by atoms with Gasteiger partial charge in [-0.05, 0) is 51.9 Å². The van der Waals surface area contributed by atoms with E-state index in [0.29, 0.717) is 21.6 Å². The lowest BCUT2D eigenvalue weighted by atomic mass is 9.96. The SMILES string of the molecule is CC(C)N1C(=O)CSc2c(F)cc(-c3nc(Nc4nc(C5CCNCC5)cs4)ncc3F)cc21. The van der Waals surface area contributed by atoms with Crippen LogP contribution < -0.4 is 15.5 Å². The minimum atomic E-state index is -0.676. The van der Waals surface area contributed by atoms with E-state index in [2.05, 4.69) is 25.6 Å². The molecule has 0 bridgehead atoms. The maximum Gasteiger partial charge on any atom is 0.237 e. The Morgan fingerprint density at radius 1 is 1.18 bits per heavy atom. The first-order valence-electron chi connectivity index (χ1n) is 11.1. The van der Waals surface area contributed by atoms with Gasteiger partial charge in [0.15, 0.2) is 10.9 Å². The van der Waals surface area contributed by atoms with Crippen molar-refractivity contribution < 1.29 is 13.6 Å². The van der Waals surface area contributed by atoms with E-state index in [1.165, 1.54) is 17.4 Å². The van der Waals surface area contributed by atoms with E-state index in [1.54, 1.807) is 11.0 Å². The number of thiazole rings is 1. The number of hydrogen-bond donors (Lipinski definition) is 2. The molecular formula is C23H24F2N6OS2. The molecule has 0 saturated carbocycles. The number of anilines is 3. The van der Waals surface area contributed by atoms with Crippen LogP contribution in [0.1, 0.15) is 38.3 Å². The summed E-state index contributed by atoms with van der Waals surface area (Å²) in [7, 11) is 0. The number of benzene rings is 1. The fourth-order valence-electron chi connectivity index (χ4n) is 4.32. The van der Waals surface area contributed by atoms with Crippen LogP contribution in [-0.4, -0.2) is 45.7 Å². The molecule has 178 valence electrons. The van der Waals surface area contributed by atoms with Crippen molar-refractivity contribution in [2.45, 2.75) is 43.5 Å². The molecule has 0 atom stereocenters. The third-order valence-electron chi connectivity index (χ3n) is 5.92. The summed E-state index contributed by atoms with van der Waals surface area (Å²) < 4.78 is 29.7. The number of halogens is 2. The largest absolute Gasteiger partial charge is 0.317 e. The number of thioether (sulfide) groups is 1. The quantitative estimate of drug-likeness (QED) is 0.512. The van der Waals surface area contributed by atoms with Gasteiger partial charge < -0.3 is 15.5 Å². The Bertz CT molecular complexity index is 1230. The molecule has 1 amide bonds. The number of piperidine rings is 1. The van der Waals surface area contributed by atoms with Crippen molar-refractivity contribution in [1.29, 1.82) is 0 Å². The van der Waals surface area contributed by atoms with Crippen LogP contribution in [0.2, 0.25) is 0 Å². The second-order valence-corrected chi connectivity index (χ2v) is 10.4. The molecule has 1 saturated heterocycles. The van der Waals surface area contributed by atoms with Gasteiger partial charge in [-0.25, -0.2) is 23.7 Å². The molecular weight excluding hydrogens is 478 g/mol. The number of aromatic nitrogens is 3. The molecule has 5 rings (SSSR count). The Morgan fingerprint density at radius 3 is 2.74 bits per heavy atom. The average Bonchev–Trinajstić information content (AvgIpc) is 3.29. The van der Waals surface area contributed by atoms with Crippen molar-refractivity contribution >= 4 is 45.8 Å². The van der Waals surface area contributed by atoms with Crippen LogP contribution in [-0.2, 0) is 4.79 Å². The molecule has 34 heavy (non-hydrogen) atoms. The van der Waals surface area contributed by atoms with Crippen molar-refractivity contribution in [3.05, 3.63) is 41.0 Å². The van der Waals surface area contributed by atoms with Crippen LogP contribution >= 0.6 is 23.1 Å². The highest BCUT2D eigenvalue weighted by Gasteiger charge is 2.30. The van der Waals surface area contributed by atoms with E-state index >= 15 is 0 Å². The maximum atomic E-state index is 15.0. The molecule has 0 aliphatic carbocycles. The molecule has 3 aromatic rings. The molecule has 2 aromatic heterocycles.